The molecule has 3 heterocycles. The van der Waals surface area contributed by atoms with Gasteiger partial charge in [-0.15, -0.1) is 0 Å². The Labute approximate surface area is 109 Å². The molecule has 2 fully saturated rings. The van der Waals surface area contributed by atoms with Crippen LogP contribution in [0.5, 0.6) is 0 Å². The fraction of sp³-hybridized carbons (Fsp3) is 0.727. The van der Waals surface area contributed by atoms with Crippen molar-refractivity contribution in [2.75, 3.05) is 26.3 Å². The molecule has 2 aliphatic heterocycles. The van der Waals surface area contributed by atoms with Gasteiger partial charge < -0.3 is 9.30 Å². The number of nitrogens with zero attached hydrogens (tertiary/aromatic N) is 3. The highest BCUT2D eigenvalue weighted by Gasteiger charge is 2.29. The Morgan fingerprint density at radius 3 is 2.50 bits per heavy atom. The predicted molar refractivity (Wildman–Crippen MR) is 69.4 cm³/mol. The standard InChI is InChI=1S/C11H16IN3O/c12-11-5-15(8-13-11)9-1-3-14(4-2-9)10-6-16-7-10/h5,8-10H,1-4,6-7H2. The molecule has 0 aliphatic carbocycles. The zero-order valence-corrected chi connectivity index (χ0v) is 11.3. The molecule has 0 bridgehead atoms. The molecule has 1 aromatic heterocycles. The van der Waals surface area contributed by atoms with Crippen LogP contribution in [0.2, 0.25) is 0 Å². The molecule has 16 heavy (non-hydrogen) atoms. The molecule has 0 amide bonds. The molecule has 5 heteroatoms. The van der Waals surface area contributed by atoms with Crippen LogP contribution in [0.25, 0.3) is 0 Å². The molecule has 88 valence electrons. The lowest BCUT2D eigenvalue weighted by Crippen LogP contribution is -2.51. The first-order valence-electron chi connectivity index (χ1n) is 5.84. The number of halogens is 1. The van der Waals surface area contributed by atoms with E-state index < -0.39 is 0 Å². The van der Waals surface area contributed by atoms with Crippen LogP contribution in [0.15, 0.2) is 12.5 Å². The van der Waals surface area contributed by atoms with Crippen LogP contribution in [-0.4, -0.2) is 46.8 Å². The molecule has 0 atom stereocenters. The Morgan fingerprint density at radius 1 is 1.25 bits per heavy atom. The number of imidazole rings is 1. The van der Waals surface area contributed by atoms with Crippen LogP contribution in [0.1, 0.15) is 18.9 Å². The first kappa shape index (κ1) is 11.0. The van der Waals surface area contributed by atoms with Gasteiger partial charge in [-0.1, -0.05) is 0 Å². The van der Waals surface area contributed by atoms with Gasteiger partial charge in [0, 0.05) is 25.3 Å². The quantitative estimate of drug-likeness (QED) is 0.769. The average Bonchev–Trinajstić information content (AvgIpc) is 2.63. The van der Waals surface area contributed by atoms with Gasteiger partial charge in [-0.05, 0) is 35.4 Å². The Hall–Kier alpha value is -0.140. The van der Waals surface area contributed by atoms with Crippen LogP contribution in [0, 0.1) is 3.70 Å². The third kappa shape index (κ3) is 2.12. The summed E-state index contributed by atoms with van der Waals surface area (Å²) in [7, 11) is 0. The van der Waals surface area contributed by atoms with Crippen molar-refractivity contribution in [2.45, 2.75) is 24.9 Å². The molecule has 1 aromatic rings. The van der Waals surface area contributed by atoms with E-state index in [-0.39, 0.29) is 0 Å². The summed E-state index contributed by atoms with van der Waals surface area (Å²) in [6, 6.07) is 1.34. The van der Waals surface area contributed by atoms with Gasteiger partial charge in [-0.25, -0.2) is 4.98 Å². The highest BCUT2D eigenvalue weighted by molar-refractivity contribution is 14.1. The van der Waals surface area contributed by atoms with E-state index in [0.29, 0.717) is 12.1 Å². The number of aromatic nitrogens is 2. The highest BCUT2D eigenvalue weighted by Crippen LogP contribution is 2.25. The van der Waals surface area contributed by atoms with Crippen molar-refractivity contribution in [3.63, 3.8) is 0 Å². The second-order valence-electron chi connectivity index (χ2n) is 4.60. The predicted octanol–water partition coefficient (Wildman–Crippen LogP) is 1.52. The third-order valence-corrected chi connectivity index (χ3v) is 4.18. The summed E-state index contributed by atoms with van der Waals surface area (Å²) in [5, 5.41) is 0. The average molecular weight is 333 g/mol. The molecule has 0 aromatic carbocycles. The Balaban J connectivity index is 1.57. The van der Waals surface area contributed by atoms with Gasteiger partial charge in [0.1, 0.15) is 3.70 Å². The molecule has 4 nitrogen and oxygen atoms in total. The van der Waals surface area contributed by atoms with Crippen LogP contribution in [-0.2, 0) is 4.74 Å². The van der Waals surface area contributed by atoms with Crippen molar-refractivity contribution in [3.05, 3.63) is 16.2 Å². The maximum absolute atomic E-state index is 5.25. The minimum absolute atomic E-state index is 0.647. The smallest absolute Gasteiger partial charge is 0.119 e. The zero-order valence-electron chi connectivity index (χ0n) is 9.18. The van der Waals surface area contributed by atoms with E-state index in [2.05, 4.69) is 43.2 Å². The lowest BCUT2D eigenvalue weighted by molar-refractivity contribution is -0.0731. The highest BCUT2D eigenvalue weighted by atomic mass is 127. The second kappa shape index (κ2) is 4.62. The van der Waals surface area contributed by atoms with E-state index in [1.54, 1.807) is 0 Å². The Bertz CT molecular complexity index is 356. The van der Waals surface area contributed by atoms with Gasteiger partial charge in [0.25, 0.3) is 0 Å². The zero-order chi connectivity index (χ0) is 11.0. The van der Waals surface area contributed by atoms with Gasteiger partial charge in [0.2, 0.25) is 0 Å². The molecular formula is C11H16IN3O. The van der Waals surface area contributed by atoms with E-state index in [4.69, 9.17) is 4.74 Å². The van der Waals surface area contributed by atoms with Crippen molar-refractivity contribution < 1.29 is 4.74 Å². The molecule has 3 rings (SSSR count). The summed E-state index contributed by atoms with van der Waals surface area (Å²) in [6.07, 6.45) is 6.59. The largest absolute Gasteiger partial charge is 0.378 e. The maximum atomic E-state index is 5.25. The van der Waals surface area contributed by atoms with Gasteiger partial charge in [-0.2, -0.15) is 0 Å². The number of rotatable bonds is 2. The summed E-state index contributed by atoms with van der Waals surface area (Å²) in [5.41, 5.74) is 0. The topological polar surface area (TPSA) is 30.3 Å². The van der Waals surface area contributed by atoms with Crippen molar-refractivity contribution in [3.8, 4) is 0 Å². The Kier molecular flexibility index (Phi) is 3.17. The van der Waals surface area contributed by atoms with E-state index in [1.165, 1.54) is 25.9 Å². The maximum Gasteiger partial charge on any atom is 0.119 e. The van der Waals surface area contributed by atoms with Gasteiger partial charge in [0.05, 0.1) is 25.6 Å². The Morgan fingerprint density at radius 2 is 2.00 bits per heavy atom. The van der Waals surface area contributed by atoms with Crippen LogP contribution < -0.4 is 0 Å². The van der Waals surface area contributed by atoms with Crippen molar-refractivity contribution >= 4 is 22.6 Å². The van der Waals surface area contributed by atoms with Crippen molar-refractivity contribution in [1.29, 1.82) is 0 Å². The normalized spacial score (nSPS) is 24.6. The molecule has 2 aliphatic rings. The minimum Gasteiger partial charge on any atom is -0.378 e. The van der Waals surface area contributed by atoms with Crippen molar-refractivity contribution in [2.24, 2.45) is 0 Å². The lowest BCUT2D eigenvalue weighted by atomic mass is 10.0. The summed E-state index contributed by atoms with van der Waals surface area (Å²) < 4.78 is 8.61. The van der Waals surface area contributed by atoms with E-state index in [9.17, 15) is 0 Å². The lowest BCUT2D eigenvalue weighted by Gasteiger charge is -2.41. The first-order chi connectivity index (χ1) is 7.83. The molecule has 0 radical (unpaired) electrons. The van der Waals surface area contributed by atoms with Gasteiger partial charge in [0.15, 0.2) is 0 Å². The molecule has 2 saturated heterocycles. The van der Waals surface area contributed by atoms with Gasteiger partial charge in [-0.3, -0.25) is 4.90 Å². The number of ether oxygens (including phenoxy) is 1. The summed E-state index contributed by atoms with van der Waals surface area (Å²) >= 11 is 2.27. The number of hydrogen-bond acceptors (Lipinski definition) is 3. The number of likely N-dealkylation sites (tertiary alicyclic amines) is 1. The summed E-state index contributed by atoms with van der Waals surface area (Å²) in [4.78, 5) is 6.86. The molecule has 0 saturated carbocycles. The number of piperidine rings is 1. The van der Waals surface area contributed by atoms with E-state index in [1.807, 2.05) is 6.33 Å². The summed E-state index contributed by atoms with van der Waals surface area (Å²) in [6.45, 7) is 4.28. The minimum atomic E-state index is 0.647. The van der Waals surface area contributed by atoms with E-state index in [0.717, 1.165) is 16.9 Å². The fourth-order valence-electron chi connectivity index (χ4n) is 2.49. The molecule has 0 N–H and O–H groups in total. The van der Waals surface area contributed by atoms with Crippen LogP contribution >= 0.6 is 22.6 Å². The first-order valence-corrected chi connectivity index (χ1v) is 6.91. The van der Waals surface area contributed by atoms with Crippen LogP contribution in [0.3, 0.4) is 0 Å². The SMILES string of the molecule is Ic1cn(C2CCN(C3COC3)CC2)cn1. The third-order valence-electron chi connectivity index (χ3n) is 3.63. The van der Waals surface area contributed by atoms with E-state index >= 15 is 0 Å². The number of hydrogen-bond donors (Lipinski definition) is 0. The second-order valence-corrected chi connectivity index (χ2v) is 5.71. The van der Waals surface area contributed by atoms with Crippen LogP contribution in [0.4, 0.5) is 0 Å². The van der Waals surface area contributed by atoms with Gasteiger partial charge >= 0.3 is 0 Å². The summed E-state index contributed by atoms with van der Waals surface area (Å²) in [5.74, 6) is 0. The van der Waals surface area contributed by atoms with Crippen molar-refractivity contribution in [1.82, 2.24) is 14.5 Å². The molecular weight excluding hydrogens is 317 g/mol. The fourth-order valence-corrected chi connectivity index (χ4v) is 2.94. The molecule has 0 unspecified atom stereocenters. The monoisotopic (exact) mass is 333 g/mol. The molecule has 0 spiro atoms.